The summed E-state index contributed by atoms with van der Waals surface area (Å²) in [6, 6.07) is 3.28. The molecule has 0 atom stereocenters. The molecular formula is C19H28N2O4. The third-order valence-electron chi connectivity index (χ3n) is 2.97. The molecule has 0 aliphatic carbocycles. The van der Waals surface area contributed by atoms with Gasteiger partial charge in [-0.1, -0.05) is 59.1 Å². The third kappa shape index (κ3) is 16.1. The maximum Gasteiger partial charge on any atom is 0.348 e. The summed E-state index contributed by atoms with van der Waals surface area (Å²) in [6.45, 7) is 11.4. The number of rotatable bonds is 11. The van der Waals surface area contributed by atoms with Crippen LogP contribution < -0.4 is 0 Å². The molecule has 0 saturated carbocycles. The number of ether oxygens (including phenoxy) is 2. The Balaban J connectivity index is 0. The number of hydrogen-bond acceptors (Lipinski definition) is 6. The minimum atomic E-state index is -0.603. The minimum absolute atomic E-state index is 0.129. The average molecular weight is 348 g/mol. The van der Waals surface area contributed by atoms with Crippen molar-refractivity contribution in [2.75, 3.05) is 13.2 Å². The van der Waals surface area contributed by atoms with Crippen LogP contribution in [0.5, 0.6) is 0 Å². The lowest BCUT2D eigenvalue weighted by Gasteiger charge is -2.01. The molecule has 0 aromatic heterocycles. The Morgan fingerprint density at radius 1 is 0.760 bits per heavy atom. The number of esters is 2. The van der Waals surface area contributed by atoms with Crippen molar-refractivity contribution >= 4 is 11.9 Å². The lowest BCUT2D eigenvalue weighted by Crippen LogP contribution is -2.06. The van der Waals surface area contributed by atoms with E-state index in [0.29, 0.717) is 13.2 Å². The molecule has 0 saturated heterocycles. The number of carbonyl (C=O) groups is 2. The topological polar surface area (TPSA) is 100 Å². The highest BCUT2D eigenvalue weighted by Gasteiger charge is 2.06. The van der Waals surface area contributed by atoms with Crippen molar-refractivity contribution in [3.8, 4) is 12.1 Å². The summed E-state index contributed by atoms with van der Waals surface area (Å²) < 4.78 is 9.52. The number of hydrogen-bond donors (Lipinski definition) is 0. The van der Waals surface area contributed by atoms with Crippen molar-refractivity contribution in [2.45, 2.75) is 58.8 Å². The Kier molecular flexibility index (Phi) is 17.5. The van der Waals surface area contributed by atoms with Crippen molar-refractivity contribution in [2.24, 2.45) is 0 Å². The van der Waals surface area contributed by atoms with E-state index in [1.807, 2.05) is 0 Å². The molecule has 0 N–H and O–H groups in total. The van der Waals surface area contributed by atoms with Crippen LogP contribution in [0.15, 0.2) is 24.3 Å². The maximum atomic E-state index is 10.9. The van der Waals surface area contributed by atoms with Gasteiger partial charge in [0.25, 0.3) is 0 Å². The summed E-state index contributed by atoms with van der Waals surface area (Å²) in [5, 5.41) is 16.6. The Morgan fingerprint density at radius 2 is 1.12 bits per heavy atom. The molecule has 0 aromatic carbocycles. The molecule has 25 heavy (non-hydrogen) atoms. The van der Waals surface area contributed by atoms with E-state index in [1.165, 1.54) is 0 Å². The second-order valence-electron chi connectivity index (χ2n) is 5.22. The molecule has 0 radical (unpaired) electrons. The third-order valence-corrected chi connectivity index (χ3v) is 2.97. The zero-order chi connectivity index (χ0) is 19.5. The Morgan fingerprint density at radius 3 is 1.48 bits per heavy atom. The van der Waals surface area contributed by atoms with Crippen LogP contribution >= 0.6 is 0 Å². The summed E-state index contributed by atoms with van der Waals surface area (Å²) in [5.41, 5.74) is -0.262. The largest absolute Gasteiger partial charge is 0.462 e. The van der Waals surface area contributed by atoms with Crippen LogP contribution in [0.1, 0.15) is 58.8 Å². The summed E-state index contributed by atoms with van der Waals surface area (Å²) in [7, 11) is 0. The van der Waals surface area contributed by atoms with Gasteiger partial charge in [-0.05, 0) is 12.8 Å². The van der Waals surface area contributed by atoms with Crippen LogP contribution in [-0.4, -0.2) is 25.2 Å². The van der Waals surface area contributed by atoms with Gasteiger partial charge >= 0.3 is 11.9 Å². The first-order valence-electron chi connectivity index (χ1n) is 8.46. The first-order chi connectivity index (χ1) is 11.9. The van der Waals surface area contributed by atoms with Gasteiger partial charge in [-0.3, -0.25) is 0 Å². The molecule has 6 heteroatoms. The van der Waals surface area contributed by atoms with Gasteiger partial charge in [0.05, 0.1) is 13.2 Å². The van der Waals surface area contributed by atoms with E-state index in [1.54, 1.807) is 12.1 Å². The highest BCUT2D eigenvalue weighted by atomic mass is 16.5. The second-order valence-corrected chi connectivity index (χ2v) is 5.22. The predicted octanol–water partition coefficient (Wildman–Crippen LogP) is 3.99. The molecule has 0 unspecified atom stereocenters. The van der Waals surface area contributed by atoms with Crippen LogP contribution in [-0.2, 0) is 19.1 Å². The van der Waals surface area contributed by atoms with Gasteiger partial charge in [-0.2, -0.15) is 10.5 Å². The van der Waals surface area contributed by atoms with Crippen molar-refractivity contribution in [3.63, 3.8) is 0 Å². The fourth-order valence-electron chi connectivity index (χ4n) is 1.48. The molecular weight excluding hydrogens is 320 g/mol. The minimum Gasteiger partial charge on any atom is -0.462 e. The summed E-state index contributed by atoms with van der Waals surface area (Å²) >= 11 is 0. The van der Waals surface area contributed by atoms with Gasteiger partial charge in [0.15, 0.2) is 0 Å². The summed E-state index contributed by atoms with van der Waals surface area (Å²) in [4.78, 5) is 21.7. The van der Waals surface area contributed by atoms with Gasteiger partial charge in [-0.25, -0.2) is 9.59 Å². The molecule has 0 amide bonds. The maximum absolute atomic E-state index is 10.9. The highest BCUT2D eigenvalue weighted by molar-refractivity contribution is 5.92. The number of nitrogens with zero attached hydrogens (tertiary/aromatic N) is 2. The standard InChI is InChI=1S/C10H15NO2.C9H13NO2/c1-3-4-5-6-7-13-10(12)9(2)8-11;1-3-4-5-6-12-9(11)8(2)7-10/h2-7H2,1H3;2-6H2,1H3. The van der Waals surface area contributed by atoms with Crippen molar-refractivity contribution < 1.29 is 19.1 Å². The van der Waals surface area contributed by atoms with Crippen LogP contribution in [0.2, 0.25) is 0 Å². The molecule has 0 heterocycles. The zero-order valence-electron chi connectivity index (χ0n) is 15.3. The second kappa shape index (κ2) is 17.7. The van der Waals surface area contributed by atoms with Crippen LogP contribution in [0.3, 0.4) is 0 Å². The first kappa shape index (κ1) is 24.6. The fourth-order valence-corrected chi connectivity index (χ4v) is 1.48. The van der Waals surface area contributed by atoms with Gasteiger partial charge in [-0.15, -0.1) is 0 Å². The molecule has 138 valence electrons. The Hall–Kier alpha value is -2.60. The van der Waals surface area contributed by atoms with E-state index in [9.17, 15) is 9.59 Å². The molecule has 0 bridgehead atoms. The van der Waals surface area contributed by atoms with E-state index >= 15 is 0 Å². The molecule has 0 fully saturated rings. The summed E-state index contributed by atoms with van der Waals surface area (Å²) in [6.07, 6.45) is 7.18. The van der Waals surface area contributed by atoms with Crippen LogP contribution in [0.25, 0.3) is 0 Å². The average Bonchev–Trinajstić information content (AvgIpc) is 2.63. The zero-order valence-corrected chi connectivity index (χ0v) is 15.3. The van der Waals surface area contributed by atoms with Crippen molar-refractivity contribution in [1.82, 2.24) is 0 Å². The van der Waals surface area contributed by atoms with Crippen molar-refractivity contribution in [1.29, 1.82) is 10.5 Å². The SMILES string of the molecule is C=C(C#N)C(=O)OCCCCC.C=C(C#N)C(=O)OCCCCCC. The first-order valence-corrected chi connectivity index (χ1v) is 8.46. The number of carbonyl (C=O) groups excluding carboxylic acids is 2. The van der Waals surface area contributed by atoms with Crippen molar-refractivity contribution in [3.05, 3.63) is 24.3 Å². The van der Waals surface area contributed by atoms with Crippen LogP contribution in [0.4, 0.5) is 0 Å². The molecule has 0 aliphatic rings. The predicted molar refractivity (Wildman–Crippen MR) is 95.1 cm³/mol. The Bertz CT molecular complexity index is 512. The molecule has 0 spiro atoms. The number of unbranched alkanes of at least 4 members (excludes halogenated alkanes) is 5. The molecule has 0 rings (SSSR count). The molecule has 0 aliphatic heterocycles. The van der Waals surface area contributed by atoms with E-state index in [-0.39, 0.29) is 11.1 Å². The Labute approximate surface area is 150 Å². The smallest absolute Gasteiger partial charge is 0.348 e. The van der Waals surface area contributed by atoms with Gasteiger partial charge < -0.3 is 9.47 Å². The lowest BCUT2D eigenvalue weighted by molar-refractivity contribution is -0.139. The quantitative estimate of drug-likeness (QED) is 0.242. The van der Waals surface area contributed by atoms with E-state index in [4.69, 9.17) is 20.0 Å². The molecule has 6 nitrogen and oxygen atoms in total. The monoisotopic (exact) mass is 348 g/mol. The lowest BCUT2D eigenvalue weighted by atomic mass is 10.2. The van der Waals surface area contributed by atoms with E-state index in [2.05, 4.69) is 27.0 Å². The van der Waals surface area contributed by atoms with Crippen LogP contribution in [0, 0.1) is 22.7 Å². The van der Waals surface area contributed by atoms with Gasteiger partial charge in [0.1, 0.15) is 23.3 Å². The fraction of sp³-hybridized carbons (Fsp3) is 0.579. The van der Waals surface area contributed by atoms with E-state index < -0.39 is 11.9 Å². The van der Waals surface area contributed by atoms with E-state index in [0.717, 1.165) is 44.9 Å². The highest BCUT2D eigenvalue weighted by Crippen LogP contribution is 2.00. The van der Waals surface area contributed by atoms with Gasteiger partial charge in [0.2, 0.25) is 0 Å². The normalized spacial score (nSPS) is 8.80. The van der Waals surface area contributed by atoms with Gasteiger partial charge in [0, 0.05) is 0 Å². The molecule has 0 aromatic rings. The summed E-state index contributed by atoms with van der Waals surface area (Å²) in [5.74, 6) is -1.20. The number of nitriles is 2.